The molecule has 0 N–H and O–H groups in total. The Kier molecular flexibility index (Phi) is 11.0. The molecule has 0 aliphatic heterocycles. The molecular weight excluding hydrogens is 200 g/mol. The molecule has 0 saturated heterocycles. The van der Waals surface area contributed by atoms with Gasteiger partial charge in [0.1, 0.15) is 0 Å². The van der Waals surface area contributed by atoms with Crippen molar-refractivity contribution in [2.75, 3.05) is 0 Å². The first kappa shape index (κ1) is 13.6. The number of halogens is 1. The first-order valence-corrected chi connectivity index (χ1v) is 3.37. The predicted molar refractivity (Wildman–Crippen MR) is 42.2 cm³/mol. The van der Waals surface area contributed by atoms with Crippen LogP contribution in [0.1, 0.15) is 25.7 Å². The Morgan fingerprint density at radius 1 is 1.30 bits per heavy atom. The van der Waals surface area contributed by atoms with E-state index in [2.05, 4.69) is 19.1 Å². The van der Waals surface area contributed by atoms with Gasteiger partial charge in [0.15, 0.2) is 0 Å². The molecule has 0 amide bonds. The number of hydrogen-bond acceptors (Lipinski definition) is 0. The zero-order valence-electron chi connectivity index (χ0n) is 6.35. The van der Waals surface area contributed by atoms with Crippen molar-refractivity contribution in [3.05, 3.63) is 19.1 Å². The van der Waals surface area contributed by atoms with E-state index in [1.54, 1.807) is 0 Å². The SMILES string of the molecule is C=CC1CC[CH-]CC1.[Br-].[Mg+2]. The van der Waals surface area contributed by atoms with E-state index in [4.69, 9.17) is 0 Å². The van der Waals surface area contributed by atoms with Crippen LogP contribution in [-0.2, 0) is 0 Å². The quantitative estimate of drug-likeness (QED) is 0.304. The number of allylic oxidation sites excluding steroid dienone is 1. The molecule has 54 valence electrons. The summed E-state index contributed by atoms with van der Waals surface area (Å²) in [4.78, 5) is 0. The summed E-state index contributed by atoms with van der Waals surface area (Å²) < 4.78 is 0. The van der Waals surface area contributed by atoms with Gasteiger partial charge in [-0.3, -0.25) is 0 Å². The van der Waals surface area contributed by atoms with Crippen molar-refractivity contribution in [3.8, 4) is 0 Å². The van der Waals surface area contributed by atoms with Crippen molar-refractivity contribution in [1.29, 1.82) is 0 Å². The Morgan fingerprint density at radius 2 is 1.80 bits per heavy atom. The Bertz CT molecular complexity index is 77.3. The second kappa shape index (κ2) is 8.09. The maximum Gasteiger partial charge on any atom is 2.00 e. The smallest absolute Gasteiger partial charge is 1.00 e. The number of hydrogen-bond donors (Lipinski definition) is 0. The predicted octanol–water partition coefficient (Wildman–Crippen LogP) is -0.810. The van der Waals surface area contributed by atoms with E-state index in [0.29, 0.717) is 0 Å². The fraction of sp³-hybridized carbons (Fsp3) is 0.625. The standard InChI is InChI=1S/C8H13.BrH.Mg/c1-2-8-6-4-3-5-7-8;;/h2-3,8H,1,4-7H2;1H;/q-1;;+2/p-1. The van der Waals surface area contributed by atoms with Crippen LogP contribution < -0.4 is 17.0 Å². The maximum absolute atomic E-state index is 3.77. The molecule has 1 saturated carbocycles. The van der Waals surface area contributed by atoms with Crippen LogP contribution in [0.3, 0.4) is 0 Å². The van der Waals surface area contributed by atoms with Gasteiger partial charge >= 0.3 is 23.1 Å². The van der Waals surface area contributed by atoms with Gasteiger partial charge in [0, 0.05) is 0 Å². The molecule has 10 heavy (non-hydrogen) atoms. The molecule has 0 radical (unpaired) electrons. The summed E-state index contributed by atoms with van der Waals surface area (Å²) in [5, 5.41) is 0. The van der Waals surface area contributed by atoms with Gasteiger partial charge in [-0.15, -0.1) is 6.58 Å². The van der Waals surface area contributed by atoms with Crippen molar-refractivity contribution in [3.63, 3.8) is 0 Å². The third-order valence-electron chi connectivity index (χ3n) is 1.82. The minimum atomic E-state index is 0. The molecule has 0 nitrogen and oxygen atoms in total. The molecule has 0 atom stereocenters. The summed E-state index contributed by atoms with van der Waals surface area (Å²) in [6.45, 7) is 3.77. The van der Waals surface area contributed by atoms with Crippen LogP contribution >= 0.6 is 0 Å². The normalized spacial score (nSPS) is 18.4. The summed E-state index contributed by atoms with van der Waals surface area (Å²) in [6.07, 6.45) is 9.74. The van der Waals surface area contributed by atoms with E-state index in [1.165, 1.54) is 25.7 Å². The molecule has 1 aliphatic carbocycles. The zero-order chi connectivity index (χ0) is 5.82. The summed E-state index contributed by atoms with van der Waals surface area (Å²) in [6, 6.07) is 0. The van der Waals surface area contributed by atoms with Gasteiger partial charge in [0.05, 0.1) is 0 Å². The van der Waals surface area contributed by atoms with Crippen LogP contribution in [0.15, 0.2) is 12.7 Å². The summed E-state index contributed by atoms with van der Waals surface area (Å²) >= 11 is 0. The molecule has 0 aromatic carbocycles. The van der Waals surface area contributed by atoms with Crippen LogP contribution in [0.2, 0.25) is 0 Å². The first-order chi connectivity index (χ1) is 3.93. The summed E-state index contributed by atoms with van der Waals surface area (Å²) in [7, 11) is 0. The van der Waals surface area contributed by atoms with Gasteiger partial charge in [-0.1, -0.05) is 18.9 Å². The summed E-state index contributed by atoms with van der Waals surface area (Å²) in [5.74, 6) is 0.819. The molecule has 2 heteroatoms. The maximum atomic E-state index is 3.77. The molecule has 0 bridgehead atoms. The van der Waals surface area contributed by atoms with Crippen molar-refractivity contribution in [1.82, 2.24) is 0 Å². The second-order valence-electron chi connectivity index (χ2n) is 2.44. The van der Waals surface area contributed by atoms with E-state index >= 15 is 0 Å². The van der Waals surface area contributed by atoms with Crippen molar-refractivity contribution in [2.45, 2.75) is 25.7 Å². The number of rotatable bonds is 1. The van der Waals surface area contributed by atoms with Crippen molar-refractivity contribution in [2.24, 2.45) is 5.92 Å². The van der Waals surface area contributed by atoms with Gasteiger partial charge in [-0.25, -0.2) is 0 Å². The minimum Gasteiger partial charge on any atom is -1.00 e. The Hall–Kier alpha value is 0.986. The van der Waals surface area contributed by atoms with E-state index in [9.17, 15) is 0 Å². The summed E-state index contributed by atoms with van der Waals surface area (Å²) in [5.41, 5.74) is 0. The molecular formula is C8H13BrMg. The zero-order valence-corrected chi connectivity index (χ0v) is 9.35. The van der Waals surface area contributed by atoms with Crippen molar-refractivity contribution < 1.29 is 17.0 Å². The van der Waals surface area contributed by atoms with Crippen LogP contribution in [0, 0.1) is 12.3 Å². The minimum absolute atomic E-state index is 0. The largest absolute Gasteiger partial charge is 2.00 e. The topological polar surface area (TPSA) is 0 Å². The Balaban J connectivity index is 0. The molecule has 0 aromatic rings. The van der Waals surface area contributed by atoms with Gasteiger partial charge < -0.3 is 23.4 Å². The Labute approximate surface area is 90.4 Å². The molecule has 0 aromatic heterocycles. The van der Waals surface area contributed by atoms with Crippen molar-refractivity contribution >= 4 is 23.1 Å². The van der Waals surface area contributed by atoms with Gasteiger partial charge in [0.2, 0.25) is 0 Å². The van der Waals surface area contributed by atoms with Crippen LogP contribution in [0.25, 0.3) is 0 Å². The van der Waals surface area contributed by atoms with Crippen LogP contribution in [0.4, 0.5) is 0 Å². The van der Waals surface area contributed by atoms with Gasteiger partial charge in [-0.2, -0.15) is 12.8 Å². The van der Waals surface area contributed by atoms with Gasteiger partial charge in [-0.05, 0) is 5.92 Å². The van der Waals surface area contributed by atoms with E-state index in [0.717, 1.165) is 5.92 Å². The first-order valence-electron chi connectivity index (χ1n) is 3.37. The average molecular weight is 213 g/mol. The molecule has 0 spiro atoms. The van der Waals surface area contributed by atoms with E-state index in [-0.39, 0.29) is 40.0 Å². The third-order valence-corrected chi connectivity index (χ3v) is 1.82. The second-order valence-corrected chi connectivity index (χ2v) is 2.44. The monoisotopic (exact) mass is 212 g/mol. The van der Waals surface area contributed by atoms with Gasteiger partial charge in [0.25, 0.3) is 0 Å². The molecule has 0 unspecified atom stereocenters. The molecule has 1 aliphatic rings. The van der Waals surface area contributed by atoms with Crippen LogP contribution in [-0.4, -0.2) is 23.1 Å². The average Bonchev–Trinajstić information content (AvgIpc) is 1.90. The molecule has 1 rings (SSSR count). The van der Waals surface area contributed by atoms with E-state index < -0.39 is 0 Å². The third kappa shape index (κ3) is 4.75. The Morgan fingerprint density at radius 3 is 2.10 bits per heavy atom. The fourth-order valence-electron chi connectivity index (χ4n) is 1.19. The molecule has 1 fully saturated rings. The fourth-order valence-corrected chi connectivity index (χ4v) is 1.19. The molecule has 0 heterocycles. The van der Waals surface area contributed by atoms with Crippen LogP contribution in [0.5, 0.6) is 0 Å². The van der Waals surface area contributed by atoms with E-state index in [1.807, 2.05) is 0 Å².